The Balaban J connectivity index is 3.84. The fourth-order valence-corrected chi connectivity index (χ4v) is 1.97. The van der Waals surface area contributed by atoms with Crippen LogP contribution in [0.1, 0.15) is 46.5 Å². The molecular weight excluding hydrogens is 214 g/mol. The van der Waals surface area contributed by atoms with Gasteiger partial charge in [0, 0.05) is 33.0 Å². The van der Waals surface area contributed by atoms with Crippen LogP contribution >= 0.6 is 0 Å². The predicted molar refractivity (Wildman–Crippen MR) is 73.5 cm³/mol. The number of rotatable bonds is 12. The van der Waals surface area contributed by atoms with Gasteiger partial charge in [-0.05, 0) is 45.1 Å². The molecule has 3 heteroatoms. The first-order valence-electron chi connectivity index (χ1n) is 7.06. The second-order valence-corrected chi connectivity index (χ2v) is 4.66. The fourth-order valence-electron chi connectivity index (χ4n) is 1.97. The van der Waals surface area contributed by atoms with Crippen molar-refractivity contribution in [3.05, 3.63) is 0 Å². The maximum absolute atomic E-state index is 5.40. The second-order valence-electron chi connectivity index (χ2n) is 4.66. The van der Waals surface area contributed by atoms with Gasteiger partial charge in [-0.15, -0.1) is 0 Å². The highest BCUT2D eigenvalue weighted by molar-refractivity contribution is 4.73. The van der Waals surface area contributed by atoms with Crippen LogP contribution in [0, 0.1) is 5.92 Å². The molecule has 0 rings (SSSR count). The highest BCUT2D eigenvalue weighted by Crippen LogP contribution is 2.13. The lowest BCUT2D eigenvalue weighted by atomic mass is 9.94. The molecule has 0 saturated heterocycles. The van der Waals surface area contributed by atoms with E-state index in [1.807, 2.05) is 6.92 Å². The van der Waals surface area contributed by atoms with Crippen LogP contribution in [0.25, 0.3) is 0 Å². The highest BCUT2D eigenvalue weighted by Gasteiger charge is 2.15. The summed E-state index contributed by atoms with van der Waals surface area (Å²) in [5.74, 6) is 0.670. The summed E-state index contributed by atoms with van der Waals surface area (Å²) in [4.78, 5) is 0. The van der Waals surface area contributed by atoms with Crippen LogP contribution < -0.4 is 5.32 Å². The van der Waals surface area contributed by atoms with Gasteiger partial charge in [0.05, 0.1) is 0 Å². The molecule has 104 valence electrons. The first-order chi connectivity index (χ1) is 8.26. The molecule has 0 heterocycles. The molecule has 0 bridgehead atoms. The summed E-state index contributed by atoms with van der Waals surface area (Å²) >= 11 is 0. The van der Waals surface area contributed by atoms with E-state index >= 15 is 0 Å². The number of hydrogen-bond donors (Lipinski definition) is 1. The Bertz CT molecular complexity index is 153. The van der Waals surface area contributed by atoms with Gasteiger partial charge in [-0.1, -0.05) is 13.8 Å². The monoisotopic (exact) mass is 245 g/mol. The van der Waals surface area contributed by atoms with Gasteiger partial charge in [0.15, 0.2) is 0 Å². The smallest absolute Gasteiger partial charge is 0.0466 e. The molecule has 2 atom stereocenters. The topological polar surface area (TPSA) is 30.5 Å². The molecule has 2 unspecified atom stereocenters. The van der Waals surface area contributed by atoms with Gasteiger partial charge in [0.25, 0.3) is 0 Å². The zero-order chi connectivity index (χ0) is 12.9. The SMILES string of the molecule is CCCNC(CCCOCC)C(C)CCOC. The molecule has 0 fully saturated rings. The van der Waals surface area contributed by atoms with Crippen molar-refractivity contribution in [1.29, 1.82) is 0 Å². The summed E-state index contributed by atoms with van der Waals surface area (Å²) < 4.78 is 10.6. The lowest BCUT2D eigenvalue weighted by Gasteiger charge is -2.25. The Morgan fingerprint density at radius 2 is 1.88 bits per heavy atom. The number of nitrogens with one attached hydrogen (secondary N) is 1. The fraction of sp³-hybridized carbons (Fsp3) is 1.00. The van der Waals surface area contributed by atoms with Crippen LogP contribution in [-0.4, -0.2) is 39.5 Å². The molecule has 0 aliphatic rings. The third kappa shape index (κ3) is 9.57. The summed E-state index contributed by atoms with van der Waals surface area (Å²) in [7, 11) is 1.77. The predicted octanol–water partition coefficient (Wildman–Crippen LogP) is 2.84. The molecule has 0 aliphatic carbocycles. The normalized spacial score (nSPS) is 14.8. The maximum atomic E-state index is 5.40. The standard InChI is InChI=1S/C14H31NO2/c1-5-10-15-14(8-7-11-17-6-2)13(3)9-12-16-4/h13-15H,5-12H2,1-4H3. The molecular formula is C14H31NO2. The van der Waals surface area contributed by atoms with Crippen LogP contribution in [0.4, 0.5) is 0 Å². The minimum absolute atomic E-state index is 0.602. The molecule has 0 aromatic rings. The minimum Gasteiger partial charge on any atom is -0.385 e. The van der Waals surface area contributed by atoms with Crippen molar-refractivity contribution in [3.63, 3.8) is 0 Å². The van der Waals surface area contributed by atoms with Crippen molar-refractivity contribution < 1.29 is 9.47 Å². The van der Waals surface area contributed by atoms with E-state index in [4.69, 9.17) is 9.47 Å². The third-order valence-corrected chi connectivity index (χ3v) is 3.13. The molecule has 3 nitrogen and oxygen atoms in total. The van der Waals surface area contributed by atoms with E-state index in [1.54, 1.807) is 7.11 Å². The van der Waals surface area contributed by atoms with Crippen LogP contribution in [0.5, 0.6) is 0 Å². The first kappa shape index (κ1) is 16.9. The van der Waals surface area contributed by atoms with Gasteiger partial charge in [-0.2, -0.15) is 0 Å². The van der Waals surface area contributed by atoms with E-state index in [-0.39, 0.29) is 0 Å². The summed E-state index contributed by atoms with van der Waals surface area (Å²) in [5.41, 5.74) is 0. The molecule has 0 aromatic heterocycles. The van der Waals surface area contributed by atoms with Crippen molar-refractivity contribution in [2.75, 3.05) is 33.5 Å². The summed E-state index contributed by atoms with van der Waals surface area (Å²) in [6.45, 7) is 10.3. The molecule has 0 aliphatic heterocycles. The second kappa shape index (κ2) is 12.3. The minimum atomic E-state index is 0.602. The Hall–Kier alpha value is -0.120. The average Bonchev–Trinajstić information content (AvgIpc) is 2.35. The first-order valence-corrected chi connectivity index (χ1v) is 7.06. The Labute approximate surface area is 107 Å². The third-order valence-electron chi connectivity index (χ3n) is 3.13. The number of hydrogen-bond acceptors (Lipinski definition) is 3. The number of ether oxygens (including phenoxy) is 2. The van der Waals surface area contributed by atoms with Crippen LogP contribution in [0.15, 0.2) is 0 Å². The van der Waals surface area contributed by atoms with E-state index in [0.717, 1.165) is 39.2 Å². The summed E-state index contributed by atoms with van der Waals surface area (Å²) in [6.07, 6.45) is 4.67. The maximum Gasteiger partial charge on any atom is 0.0466 e. The lowest BCUT2D eigenvalue weighted by molar-refractivity contribution is 0.134. The van der Waals surface area contributed by atoms with E-state index in [9.17, 15) is 0 Å². The Morgan fingerprint density at radius 1 is 1.12 bits per heavy atom. The van der Waals surface area contributed by atoms with E-state index in [2.05, 4.69) is 19.2 Å². The van der Waals surface area contributed by atoms with Crippen LogP contribution in [0.2, 0.25) is 0 Å². The van der Waals surface area contributed by atoms with Crippen LogP contribution in [0.3, 0.4) is 0 Å². The van der Waals surface area contributed by atoms with Crippen molar-refractivity contribution in [3.8, 4) is 0 Å². The molecule has 0 aromatic carbocycles. The van der Waals surface area contributed by atoms with Gasteiger partial charge >= 0.3 is 0 Å². The zero-order valence-electron chi connectivity index (χ0n) is 12.1. The van der Waals surface area contributed by atoms with E-state index in [0.29, 0.717) is 12.0 Å². The van der Waals surface area contributed by atoms with Crippen molar-refractivity contribution in [2.24, 2.45) is 5.92 Å². The van der Waals surface area contributed by atoms with Gasteiger partial charge in [-0.3, -0.25) is 0 Å². The van der Waals surface area contributed by atoms with Crippen molar-refractivity contribution in [2.45, 2.75) is 52.5 Å². The molecule has 1 N–H and O–H groups in total. The largest absolute Gasteiger partial charge is 0.385 e. The zero-order valence-corrected chi connectivity index (χ0v) is 12.1. The number of methoxy groups -OCH3 is 1. The van der Waals surface area contributed by atoms with Gasteiger partial charge in [-0.25, -0.2) is 0 Å². The lowest BCUT2D eigenvalue weighted by Crippen LogP contribution is -2.36. The molecule has 0 spiro atoms. The quantitative estimate of drug-likeness (QED) is 0.536. The van der Waals surface area contributed by atoms with E-state index < -0.39 is 0 Å². The highest BCUT2D eigenvalue weighted by atomic mass is 16.5. The van der Waals surface area contributed by atoms with Gasteiger partial charge < -0.3 is 14.8 Å². The Morgan fingerprint density at radius 3 is 2.47 bits per heavy atom. The van der Waals surface area contributed by atoms with Crippen molar-refractivity contribution in [1.82, 2.24) is 5.32 Å². The van der Waals surface area contributed by atoms with Crippen LogP contribution in [-0.2, 0) is 9.47 Å². The summed E-state index contributed by atoms with van der Waals surface area (Å²) in [6, 6.07) is 0.602. The summed E-state index contributed by atoms with van der Waals surface area (Å²) in [5, 5.41) is 3.64. The van der Waals surface area contributed by atoms with Gasteiger partial charge in [0.1, 0.15) is 0 Å². The molecule has 0 amide bonds. The molecule has 0 radical (unpaired) electrons. The average molecular weight is 245 g/mol. The van der Waals surface area contributed by atoms with Gasteiger partial charge in [0.2, 0.25) is 0 Å². The molecule has 0 saturated carbocycles. The van der Waals surface area contributed by atoms with Crippen molar-refractivity contribution >= 4 is 0 Å². The Kier molecular flexibility index (Phi) is 12.3. The molecule has 17 heavy (non-hydrogen) atoms. The van der Waals surface area contributed by atoms with E-state index in [1.165, 1.54) is 12.8 Å².